The third kappa shape index (κ3) is 3.65. The average molecular weight is 407 g/mol. The molecule has 2 aliphatic rings. The van der Waals surface area contributed by atoms with E-state index in [1.165, 1.54) is 18.2 Å². The second kappa shape index (κ2) is 6.26. The molecule has 2 amide bonds. The van der Waals surface area contributed by atoms with Crippen molar-refractivity contribution >= 4 is 49.0 Å². The highest BCUT2D eigenvalue weighted by Gasteiger charge is 2.36. The zero-order chi connectivity index (χ0) is 18.4. The van der Waals surface area contributed by atoms with Gasteiger partial charge in [0.05, 0.1) is 33.5 Å². The number of anilines is 1. The van der Waals surface area contributed by atoms with Crippen LogP contribution in [0.15, 0.2) is 18.2 Å². The maximum absolute atomic E-state index is 12.3. The highest BCUT2D eigenvalue weighted by Crippen LogP contribution is 2.29. The van der Waals surface area contributed by atoms with Crippen LogP contribution in [0.1, 0.15) is 23.2 Å². The molecular weight excluding hydrogens is 392 g/mol. The van der Waals surface area contributed by atoms with Crippen LogP contribution in [0.25, 0.3) is 0 Å². The van der Waals surface area contributed by atoms with Gasteiger partial charge in [-0.1, -0.05) is 11.6 Å². The molecule has 1 atom stereocenters. The highest BCUT2D eigenvalue weighted by atomic mass is 35.5. The minimum Gasteiger partial charge on any atom is -0.348 e. The van der Waals surface area contributed by atoms with Gasteiger partial charge in [-0.3, -0.25) is 9.59 Å². The topological polar surface area (TPSA) is 118 Å². The van der Waals surface area contributed by atoms with E-state index < -0.39 is 37.7 Å². The quantitative estimate of drug-likeness (QED) is 0.772. The van der Waals surface area contributed by atoms with Crippen molar-refractivity contribution in [1.29, 1.82) is 0 Å². The Hall–Kier alpha value is -1.65. The average Bonchev–Trinajstić information content (AvgIpc) is 2.97. The first-order chi connectivity index (χ1) is 11.6. The summed E-state index contributed by atoms with van der Waals surface area (Å²) in [6.45, 7) is 0. The number of sulfone groups is 1. The summed E-state index contributed by atoms with van der Waals surface area (Å²) in [6, 6.07) is 3.40. The first-order valence-corrected chi connectivity index (χ1v) is 11.3. The summed E-state index contributed by atoms with van der Waals surface area (Å²) in [5.74, 6) is -1.45. The van der Waals surface area contributed by atoms with Gasteiger partial charge in [0.25, 0.3) is 5.91 Å². The Morgan fingerprint density at radius 2 is 1.92 bits per heavy atom. The first kappa shape index (κ1) is 18.2. The summed E-state index contributed by atoms with van der Waals surface area (Å²) in [4.78, 5) is 24.0. The second-order valence-corrected chi connectivity index (χ2v) is 10.5. The molecule has 2 heterocycles. The van der Waals surface area contributed by atoms with Gasteiger partial charge in [-0.25, -0.2) is 21.1 Å². The molecule has 1 N–H and O–H groups in total. The van der Waals surface area contributed by atoms with Crippen molar-refractivity contribution in [2.75, 3.05) is 21.6 Å². The van der Waals surface area contributed by atoms with E-state index in [0.29, 0.717) is 10.7 Å². The number of halogens is 1. The van der Waals surface area contributed by atoms with Crippen LogP contribution in [0.5, 0.6) is 0 Å². The molecule has 0 radical (unpaired) electrons. The second-order valence-electron chi connectivity index (χ2n) is 5.96. The molecule has 3 rings (SSSR count). The number of sulfonamides is 1. The number of amides is 2. The van der Waals surface area contributed by atoms with Crippen LogP contribution in [0, 0.1) is 0 Å². The lowest BCUT2D eigenvalue weighted by Crippen LogP contribution is -2.35. The molecule has 0 spiro atoms. The molecule has 136 valence electrons. The van der Waals surface area contributed by atoms with Gasteiger partial charge < -0.3 is 5.32 Å². The predicted molar refractivity (Wildman–Crippen MR) is 91.9 cm³/mol. The van der Waals surface area contributed by atoms with Gasteiger partial charge in [-0.2, -0.15) is 0 Å². The Morgan fingerprint density at radius 1 is 1.20 bits per heavy atom. The zero-order valence-corrected chi connectivity index (χ0v) is 15.3. The standard InChI is InChI=1S/C14H15ClN2O6S2/c15-12-7-10(17-13(18)4-6-25(17,22)23)1-2-11(12)14(19)16-9-3-5-24(20,21)8-9/h1-2,7,9H,3-6,8H2,(H,16,19)/t9-/m1/s1. The lowest BCUT2D eigenvalue weighted by Gasteiger charge is -2.17. The molecule has 0 saturated carbocycles. The summed E-state index contributed by atoms with van der Waals surface area (Å²) in [5.41, 5.74) is 0.159. The molecule has 0 aromatic heterocycles. The van der Waals surface area contributed by atoms with Crippen LogP contribution < -0.4 is 9.62 Å². The number of carbonyl (C=O) groups excluding carboxylic acids is 2. The Balaban J connectivity index is 1.81. The third-order valence-electron chi connectivity index (χ3n) is 4.08. The van der Waals surface area contributed by atoms with E-state index >= 15 is 0 Å². The number of carbonyl (C=O) groups is 2. The predicted octanol–water partition coefficient (Wildman–Crippen LogP) is 0.323. The Morgan fingerprint density at radius 3 is 2.44 bits per heavy atom. The number of nitrogens with zero attached hydrogens (tertiary/aromatic N) is 1. The minimum absolute atomic E-state index is 0.0224. The maximum Gasteiger partial charge on any atom is 0.253 e. The molecule has 0 aliphatic carbocycles. The van der Waals surface area contributed by atoms with Crippen LogP contribution >= 0.6 is 11.6 Å². The largest absolute Gasteiger partial charge is 0.348 e. The van der Waals surface area contributed by atoms with E-state index in [2.05, 4.69) is 5.32 Å². The number of hydrogen-bond acceptors (Lipinski definition) is 6. The normalized spacial score (nSPS) is 24.4. The molecule has 1 aromatic rings. The van der Waals surface area contributed by atoms with Crippen LogP contribution in [-0.2, 0) is 24.7 Å². The molecule has 2 saturated heterocycles. The summed E-state index contributed by atoms with van der Waals surface area (Å²) >= 11 is 6.07. The van der Waals surface area contributed by atoms with E-state index in [1.54, 1.807) is 0 Å². The van der Waals surface area contributed by atoms with E-state index in [1.807, 2.05) is 0 Å². The van der Waals surface area contributed by atoms with Crippen LogP contribution in [0.4, 0.5) is 5.69 Å². The number of hydrogen-bond donors (Lipinski definition) is 1. The van der Waals surface area contributed by atoms with Gasteiger partial charge in [0, 0.05) is 12.5 Å². The van der Waals surface area contributed by atoms with E-state index in [0.717, 1.165) is 0 Å². The van der Waals surface area contributed by atoms with Crippen molar-refractivity contribution in [2.24, 2.45) is 0 Å². The van der Waals surface area contributed by atoms with Gasteiger partial charge in [0.15, 0.2) is 9.84 Å². The Kier molecular flexibility index (Phi) is 4.54. The fraction of sp³-hybridized carbons (Fsp3) is 0.429. The summed E-state index contributed by atoms with van der Waals surface area (Å²) in [7, 11) is -6.84. The van der Waals surface area contributed by atoms with Gasteiger partial charge in [0.2, 0.25) is 15.9 Å². The van der Waals surface area contributed by atoms with Crippen molar-refractivity contribution in [3.63, 3.8) is 0 Å². The van der Waals surface area contributed by atoms with Crippen LogP contribution in [-0.4, -0.2) is 52.0 Å². The molecule has 2 aliphatic heterocycles. The zero-order valence-electron chi connectivity index (χ0n) is 12.9. The molecule has 2 fully saturated rings. The molecule has 0 bridgehead atoms. The summed E-state index contributed by atoms with van der Waals surface area (Å²) < 4.78 is 47.4. The molecule has 8 nitrogen and oxygen atoms in total. The monoisotopic (exact) mass is 406 g/mol. The van der Waals surface area contributed by atoms with Gasteiger partial charge >= 0.3 is 0 Å². The fourth-order valence-corrected chi connectivity index (χ4v) is 6.24. The van der Waals surface area contributed by atoms with E-state index in [9.17, 15) is 26.4 Å². The van der Waals surface area contributed by atoms with E-state index in [-0.39, 0.29) is 40.0 Å². The van der Waals surface area contributed by atoms with Crippen molar-refractivity contribution < 1.29 is 26.4 Å². The maximum atomic E-state index is 12.3. The number of nitrogens with one attached hydrogen (secondary N) is 1. The number of rotatable bonds is 3. The lowest BCUT2D eigenvalue weighted by molar-refractivity contribution is -0.116. The highest BCUT2D eigenvalue weighted by molar-refractivity contribution is 7.94. The van der Waals surface area contributed by atoms with Gasteiger partial charge in [-0.05, 0) is 24.6 Å². The van der Waals surface area contributed by atoms with Crippen molar-refractivity contribution in [3.8, 4) is 0 Å². The number of benzene rings is 1. The smallest absolute Gasteiger partial charge is 0.253 e. The minimum atomic E-state index is -3.71. The lowest BCUT2D eigenvalue weighted by atomic mass is 10.1. The molecule has 25 heavy (non-hydrogen) atoms. The van der Waals surface area contributed by atoms with E-state index in [4.69, 9.17) is 11.6 Å². The first-order valence-electron chi connectivity index (χ1n) is 7.46. The third-order valence-corrected chi connectivity index (χ3v) is 7.85. The SMILES string of the molecule is O=C(N[C@@H]1CCS(=O)(=O)C1)c1ccc(N2C(=O)CCS2(=O)=O)cc1Cl. The van der Waals surface area contributed by atoms with Crippen molar-refractivity contribution in [1.82, 2.24) is 5.32 Å². The summed E-state index contributed by atoms with van der Waals surface area (Å²) in [6.07, 6.45) is 0.239. The van der Waals surface area contributed by atoms with Gasteiger partial charge in [-0.15, -0.1) is 0 Å². The van der Waals surface area contributed by atoms with Crippen molar-refractivity contribution in [3.05, 3.63) is 28.8 Å². The van der Waals surface area contributed by atoms with Crippen LogP contribution in [0.2, 0.25) is 5.02 Å². The molecular formula is C14H15ClN2O6S2. The van der Waals surface area contributed by atoms with Crippen LogP contribution in [0.3, 0.4) is 0 Å². The molecule has 0 unspecified atom stereocenters. The Labute approximate surface area is 150 Å². The molecule has 11 heteroatoms. The van der Waals surface area contributed by atoms with Crippen molar-refractivity contribution in [2.45, 2.75) is 18.9 Å². The van der Waals surface area contributed by atoms with Gasteiger partial charge in [0.1, 0.15) is 0 Å². The fourth-order valence-electron chi connectivity index (χ4n) is 2.86. The summed E-state index contributed by atoms with van der Waals surface area (Å²) in [5, 5.41) is 2.58. The Bertz CT molecular complexity index is 958. The molecule has 1 aromatic carbocycles.